The van der Waals surface area contributed by atoms with E-state index in [1.807, 2.05) is 6.92 Å². The summed E-state index contributed by atoms with van der Waals surface area (Å²) in [4.78, 5) is 15.7. The van der Waals surface area contributed by atoms with E-state index in [9.17, 15) is 9.00 Å². The van der Waals surface area contributed by atoms with Crippen LogP contribution in [-0.4, -0.2) is 51.2 Å². The molecule has 160 valence electrons. The van der Waals surface area contributed by atoms with Crippen LogP contribution in [0.3, 0.4) is 0 Å². The van der Waals surface area contributed by atoms with Gasteiger partial charge in [-0.3, -0.25) is 9.00 Å². The van der Waals surface area contributed by atoms with Gasteiger partial charge in [0.05, 0.1) is 0 Å². The van der Waals surface area contributed by atoms with Gasteiger partial charge in [-0.15, -0.1) is 0 Å². The zero-order valence-corrected chi connectivity index (χ0v) is 18.9. The molecule has 4 atom stereocenters. The molecule has 28 heavy (non-hydrogen) atoms. The lowest BCUT2D eigenvalue weighted by Crippen LogP contribution is -2.45. The van der Waals surface area contributed by atoms with Crippen LogP contribution in [0.2, 0.25) is 0 Å². The average Bonchev–Trinajstić information content (AvgIpc) is 2.69. The largest absolute Gasteiger partial charge is 0.350 e. The molecule has 2 fully saturated rings. The van der Waals surface area contributed by atoms with E-state index in [2.05, 4.69) is 30.1 Å². The molecule has 3 aliphatic rings. The van der Waals surface area contributed by atoms with Gasteiger partial charge >= 0.3 is 0 Å². The van der Waals surface area contributed by atoms with E-state index in [4.69, 9.17) is 0 Å². The molecule has 0 aromatic heterocycles. The average molecular weight is 409 g/mol. The van der Waals surface area contributed by atoms with Crippen LogP contribution in [-0.2, 0) is 15.6 Å². The topological polar surface area (TPSA) is 49.4 Å². The molecule has 0 aromatic rings. The molecule has 5 heteroatoms. The van der Waals surface area contributed by atoms with Crippen molar-refractivity contribution in [1.82, 2.24) is 10.2 Å². The third kappa shape index (κ3) is 5.47. The summed E-state index contributed by atoms with van der Waals surface area (Å²) in [5.41, 5.74) is 1.03. The summed E-state index contributed by atoms with van der Waals surface area (Å²) in [6, 6.07) is 0.876. The molecular weight excluding hydrogens is 368 g/mol. The Balaban J connectivity index is 1.62. The van der Waals surface area contributed by atoms with Crippen LogP contribution in [0, 0.1) is 11.8 Å². The van der Waals surface area contributed by atoms with Gasteiger partial charge < -0.3 is 10.2 Å². The zero-order valence-electron chi connectivity index (χ0n) is 18.1. The maximum atomic E-state index is 13.1. The Hall–Kier alpha value is -0.680. The highest BCUT2D eigenvalue weighted by Gasteiger charge is 2.33. The number of fused-ring (bicyclic) bond motifs is 1. The van der Waals surface area contributed by atoms with Gasteiger partial charge in [-0.2, -0.15) is 0 Å². The lowest BCUT2D eigenvalue weighted by molar-refractivity contribution is -0.118. The van der Waals surface area contributed by atoms with E-state index in [0.717, 1.165) is 68.9 Å². The van der Waals surface area contributed by atoms with E-state index in [0.29, 0.717) is 17.2 Å². The standard InChI is InChI=1S/C23H40N2O2S/c1-4-25-14-6-7-18(16-19-15-17(3)8-13-22(19)25)23(26)24-20-9-11-21(12-10-20)28(27)5-2/h16-17,19-22H,4-15H2,1-3H3,(H,24,26)/b18-16+. The number of nitrogens with zero attached hydrogens (tertiary/aromatic N) is 1. The van der Waals surface area contributed by atoms with Crippen LogP contribution in [0.4, 0.5) is 0 Å². The summed E-state index contributed by atoms with van der Waals surface area (Å²) >= 11 is 0. The first kappa shape index (κ1) is 22.0. The van der Waals surface area contributed by atoms with Crippen LogP contribution in [0.1, 0.15) is 78.6 Å². The van der Waals surface area contributed by atoms with Gasteiger partial charge in [0.15, 0.2) is 0 Å². The maximum Gasteiger partial charge on any atom is 0.247 e. The van der Waals surface area contributed by atoms with Gasteiger partial charge in [0.2, 0.25) is 5.91 Å². The smallest absolute Gasteiger partial charge is 0.247 e. The molecule has 0 radical (unpaired) electrons. The van der Waals surface area contributed by atoms with Crippen molar-refractivity contribution >= 4 is 16.7 Å². The number of hydrogen-bond donors (Lipinski definition) is 1. The van der Waals surface area contributed by atoms with Gasteiger partial charge in [-0.1, -0.05) is 26.8 Å². The van der Waals surface area contributed by atoms with Crippen molar-refractivity contribution < 1.29 is 9.00 Å². The summed E-state index contributed by atoms with van der Waals surface area (Å²) in [7, 11) is -0.691. The van der Waals surface area contributed by atoms with Crippen molar-refractivity contribution in [2.45, 2.75) is 95.9 Å². The normalized spacial score (nSPS) is 37.7. The van der Waals surface area contributed by atoms with E-state index in [1.165, 1.54) is 19.3 Å². The number of nitrogens with one attached hydrogen (secondary N) is 1. The molecular formula is C23H40N2O2S. The van der Waals surface area contributed by atoms with Crippen molar-refractivity contribution in [2.24, 2.45) is 11.8 Å². The van der Waals surface area contributed by atoms with Crippen LogP contribution in [0.25, 0.3) is 0 Å². The van der Waals surface area contributed by atoms with Crippen molar-refractivity contribution in [2.75, 3.05) is 18.8 Å². The predicted octanol–water partition coefficient (Wildman–Crippen LogP) is 4.03. The van der Waals surface area contributed by atoms with E-state index < -0.39 is 10.8 Å². The van der Waals surface area contributed by atoms with Gasteiger partial charge in [0.25, 0.3) is 0 Å². The molecule has 3 rings (SSSR count). The van der Waals surface area contributed by atoms with Gasteiger partial charge in [-0.25, -0.2) is 0 Å². The van der Waals surface area contributed by atoms with Crippen molar-refractivity contribution in [3.8, 4) is 0 Å². The molecule has 1 aliphatic heterocycles. The fraction of sp³-hybridized carbons (Fsp3) is 0.870. The molecule has 0 aromatic carbocycles. The summed E-state index contributed by atoms with van der Waals surface area (Å²) in [6.45, 7) is 8.87. The minimum Gasteiger partial charge on any atom is -0.350 e. The van der Waals surface area contributed by atoms with Crippen LogP contribution in [0.15, 0.2) is 11.6 Å². The molecule has 2 aliphatic carbocycles. The second-order valence-corrected chi connectivity index (χ2v) is 11.2. The Morgan fingerprint density at radius 2 is 1.93 bits per heavy atom. The third-order valence-electron chi connectivity index (χ3n) is 7.26. The van der Waals surface area contributed by atoms with Crippen LogP contribution < -0.4 is 5.32 Å². The molecule has 1 amide bonds. The molecule has 0 bridgehead atoms. The van der Waals surface area contributed by atoms with Crippen molar-refractivity contribution in [3.05, 3.63) is 11.6 Å². The second-order valence-electron chi connectivity index (χ2n) is 9.19. The fourth-order valence-electron chi connectivity index (χ4n) is 5.59. The lowest BCUT2D eigenvalue weighted by atomic mass is 9.76. The monoisotopic (exact) mass is 408 g/mol. The Morgan fingerprint density at radius 3 is 2.61 bits per heavy atom. The number of carbonyl (C=O) groups excluding carboxylic acids is 1. The van der Waals surface area contributed by atoms with Crippen molar-refractivity contribution in [3.63, 3.8) is 0 Å². The Kier molecular flexibility index (Phi) is 8.16. The summed E-state index contributed by atoms with van der Waals surface area (Å²) in [6.07, 6.45) is 12.0. The van der Waals surface area contributed by atoms with Gasteiger partial charge in [0.1, 0.15) is 0 Å². The molecule has 4 nitrogen and oxygen atoms in total. The first-order valence-corrected chi connectivity index (χ1v) is 13.0. The number of hydrogen-bond acceptors (Lipinski definition) is 3. The highest BCUT2D eigenvalue weighted by Crippen LogP contribution is 2.35. The summed E-state index contributed by atoms with van der Waals surface area (Å²) < 4.78 is 12.0. The predicted molar refractivity (Wildman–Crippen MR) is 118 cm³/mol. The van der Waals surface area contributed by atoms with Gasteiger partial charge in [0, 0.05) is 39.5 Å². The summed E-state index contributed by atoms with van der Waals surface area (Å²) in [5, 5.41) is 3.66. The molecule has 0 spiro atoms. The number of rotatable bonds is 5. The molecule has 1 heterocycles. The minimum absolute atomic E-state index is 0.169. The maximum absolute atomic E-state index is 13.1. The Bertz CT molecular complexity index is 583. The highest BCUT2D eigenvalue weighted by molar-refractivity contribution is 7.85. The number of amides is 1. The van der Waals surface area contributed by atoms with Crippen LogP contribution in [0.5, 0.6) is 0 Å². The quantitative estimate of drug-likeness (QED) is 0.747. The van der Waals surface area contributed by atoms with Gasteiger partial charge in [-0.05, 0) is 82.7 Å². The van der Waals surface area contributed by atoms with Crippen molar-refractivity contribution in [1.29, 1.82) is 0 Å². The lowest BCUT2D eigenvalue weighted by Gasteiger charge is -2.42. The Labute approximate surface area is 174 Å². The second kappa shape index (κ2) is 10.4. The van der Waals surface area contributed by atoms with E-state index in [1.54, 1.807) is 0 Å². The molecule has 0 saturated heterocycles. The Morgan fingerprint density at radius 1 is 1.18 bits per heavy atom. The first-order valence-electron chi connectivity index (χ1n) is 11.6. The van der Waals surface area contributed by atoms with E-state index >= 15 is 0 Å². The first-order chi connectivity index (χ1) is 13.5. The fourth-order valence-corrected chi connectivity index (χ4v) is 6.86. The zero-order chi connectivity index (χ0) is 20.1. The minimum atomic E-state index is -0.691. The SMILES string of the molecule is CCN1CCC/C(C(=O)NC2CCC(S(=O)CC)CC2)=C\C2CC(C)CCC21. The van der Waals surface area contributed by atoms with E-state index in [-0.39, 0.29) is 11.9 Å². The van der Waals surface area contributed by atoms with Crippen LogP contribution >= 0.6 is 0 Å². The summed E-state index contributed by atoms with van der Waals surface area (Å²) in [5.74, 6) is 2.20. The number of carbonyl (C=O) groups is 1. The third-order valence-corrected chi connectivity index (χ3v) is 9.05. The highest BCUT2D eigenvalue weighted by atomic mass is 32.2. The molecule has 1 N–H and O–H groups in total. The molecule has 2 saturated carbocycles. The molecule has 4 unspecified atom stereocenters.